The lowest BCUT2D eigenvalue weighted by Gasteiger charge is -2.28. The van der Waals surface area contributed by atoms with Gasteiger partial charge in [-0.1, -0.05) is 18.5 Å². The molecule has 1 aliphatic heterocycles. The first-order chi connectivity index (χ1) is 13.1. The monoisotopic (exact) mass is 418 g/mol. The molecule has 3 rings (SSSR count). The van der Waals surface area contributed by atoms with Crippen LogP contribution in [0.25, 0.3) is 5.82 Å². The van der Waals surface area contributed by atoms with Crippen LogP contribution in [0.5, 0.6) is 5.75 Å². The number of aromatic nitrogens is 3. The van der Waals surface area contributed by atoms with Gasteiger partial charge in [0.1, 0.15) is 10.8 Å². The van der Waals surface area contributed by atoms with E-state index in [-0.39, 0.29) is 34.5 Å². The third kappa shape index (κ3) is 3.15. The number of anilines is 1. The van der Waals surface area contributed by atoms with Crippen LogP contribution in [0.3, 0.4) is 0 Å². The van der Waals surface area contributed by atoms with Crippen LogP contribution >= 0.6 is 11.6 Å². The quantitative estimate of drug-likeness (QED) is 0.758. The van der Waals surface area contributed by atoms with E-state index >= 15 is 0 Å². The molecule has 0 bridgehead atoms. The molecule has 2 aromatic rings. The number of hydrogen-bond donors (Lipinski definition) is 0. The van der Waals surface area contributed by atoms with E-state index in [1.807, 2.05) is 6.92 Å². The van der Waals surface area contributed by atoms with Crippen LogP contribution in [0.4, 0.5) is 19.0 Å². The van der Waals surface area contributed by atoms with Crippen molar-refractivity contribution in [1.82, 2.24) is 14.1 Å². The van der Waals surface area contributed by atoms with Gasteiger partial charge in [-0.15, -0.1) is 0 Å². The molecule has 1 amide bonds. The Morgan fingerprint density at radius 1 is 1.25 bits per heavy atom. The van der Waals surface area contributed by atoms with Gasteiger partial charge in [-0.25, -0.2) is 14.3 Å². The maximum Gasteiger partial charge on any atom is 0.433 e. The smallest absolute Gasteiger partial charge is 0.433 e. The van der Waals surface area contributed by atoms with E-state index < -0.39 is 28.1 Å². The second-order valence-electron chi connectivity index (χ2n) is 5.97. The van der Waals surface area contributed by atoms with Crippen molar-refractivity contribution in [3.63, 3.8) is 0 Å². The zero-order chi connectivity index (χ0) is 20.8. The van der Waals surface area contributed by atoms with Crippen molar-refractivity contribution in [2.24, 2.45) is 7.05 Å². The third-order valence-corrected chi connectivity index (χ3v) is 4.43. The molecule has 2 aromatic heterocycles. The molecule has 0 unspecified atom stereocenters. The minimum Gasteiger partial charge on any atom is -0.480 e. The Balaban J connectivity index is 2.25. The molecule has 0 atom stereocenters. The van der Waals surface area contributed by atoms with E-state index in [4.69, 9.17) is 16.3 Å². The maximum absolute atomic E-state index is 13.1. The number of rotatable bonds is 3. The van der Waals surface area contributed by atoms with Crippen LogP contribution in [0.1, 0.15) is 19.0 Å². The van der Waals surface area contributed by atoms with Crippen molar-refractivity contribution in [3.8, 4) is 11.6 Å². The van der Waals surface area contributed by atoms with Crippen LogP contribution < -0.4 is 20.9 Å². The minimum absolute atomic E-state index is 0.0700. The Hall–Kier alpha value is -2.82. The van der Waals surface area contributed by atoms with E-state index in [1.165, 1.54) is 17.0 Å². The highest BCUT2D eigenvalue weighted by Gasteiger charge is 2.39. The average Bonchev–Trinajstić information content (AvgIpc) is 2.62. The van der Waals surface area contributed by atoms with Gasteiger partial charge in [0.15, 0.2) is 23.9 Å². The zero-order valence-electron chi connectivity index (χ0n) is 14.7. The minimum atomic E-state index is -5.00. The summed E-state index contributed by atoms with van der Waals surface area (Å²) in [5, 5.41) is -1.16. The summed E-state index contributed by atoms with van der Waals surface area (Å²) in [4.78, 5) is 42.4. The van der Waals surface area contributed by atoms with E-state index in [0.717, 1.165) is 7.05 Å². The summed E-state index contributed by atoms with van der Waals surface area (Å²) < 4.78 is 45.3. The van der Waals surface area contributed by atoms with Gasteiger partial charge >= 0.3 is 11.9 Å². The molecular weight excluding hydrogens is 405 g/mol. The number of carbonyl (C=O) groups is 1. The molecule has 0 aliphatic carbocycles. The largest absolute Gasteiger partial charge is 0.480 e. The molecule has 1 aliphatic rings. The Bertz CT molecular complexity index is 1040. The Morgan fingerprint density at radius 3 is 2.54 bits per heavy atom. The van der Waals surface area contributed by atoms with Gasteiger partial charge in [-0.3, -0.25) is 19.1 Å². The standard InChI is InChI=1S/C16H14ClF3N4O4/c1-3-6-23-10(25)7-28-8-4-5-9(21-13(8)23)24-14(26)11(17)12(16(18,19)20)22(2)15(24)27/h4-5H,3,6-7H2,1-2H3. The number of halogens is 4. The second kappa shape index (κ2) is 6.97. The molecule has 0 N–H and O–H groups in total. The summed E-state index contributed by atoms with van der Waals surface area (Å²) in [5.41, 5.74) is -4.20. The van der Waals surface area contributed by atoms with E-state index in [2.05, 4.69) is 4.98 Å². The fraction of sp³-hybridized carbons (Fsp3) is 0.375. The number of amides is 1. The Morgan fingerprint density at radius 2 is 1.93 bits per heavy atom. The zero-order valence-corrected chi connectivity index (χ0v) is 15.5. The highest BCUT2D eigenvalue weighted by atomic mass is 35.5. The van der Waals surface area contributed by atoms with Crippen molar-refractivity contribution < 1.29 is 22.7 Å². The van der Waals surface area contributed by atoms with Gasteiger partial charge in [-0.2, -0.15) is 13.2 Å². The van der Waals surface area contributed by atoms with E-state index in [1.54, 1.807) is 0 Å². The predicted molar refractivity (Wildman–Crippen MR) is 93.2 cm³/mol. The molecule has 12 heteroatoms. The second-order valence-corrected chi connectivity index (χ2v) is 6.35. The van der Waals surface area contributed by atoms with Gasteiger partial charge in [0, 0.05) is 13.6 Å². The van der Waals surface area contributed by atoms with E-state index in [9.17, 15) is 27.6 Å². The molecule has 0 aromatic carbocycles. The molecule has 3 heterocycles. The van der Waals surface area contributed by atoms with Crippen LogP contribution in [0, 0.1) is 0 Å². The number of alkyl halides is 3. The number of pyridine rings is 1. The number of carbonyl (C=O) groups excluding carboxylic acids is 1. The molecule has 8 nitrogen and oxygen atoms in total. The summed E-state index contributed by atoms with van der Waals surface area (Å²) in [6, 6.07) is 2.61. The summed E-state index contributed by atoms with van der Waals surface area (Å²) in [6.45, 7) is 1.95. The van der Waals surface area contributed by atoms with Crippen LogP contribution in [0.2, 0.25) is 5.02 Å². The molecule has 150 valence electrons. The van der Waals surface area contributed by atoms with Gasteiger partial charge in [0.2, 0.25) is 0 Å². The molecule has 0 saturated carbocycles. The number of hydrogen-bond acceptors (Lipinski definition) is 5. The van der Waals surface area contributed by atoms with Crippen molar-refractivity contribution in [2.45, 2.75) is 19.5 Å². The molecule has 0 fully saturated rings. The van der Waals surface area contributed by atoms with Crippen molar-refractivity contribution in [2.75, 3.05) is 18.1 Å². The topological polar surface area (TPSA) is 86.4 Å². The first-order valence-electron chi connectivity index (χ1n) is 8.11. The Kier molecular flexibility index (Phi) is 4.96. The van der Waals surface area contributed by atoms with Gasteiger partial charge in [0.25, 0.3) is 11.5 Å². The number of ether oxygens (including phenoxy) is 1. The maximum atomic E-state index is 13.1. The molecule has 0 spiro atoms. The van der Waals surface area contributed by atoms with Crippen molar-refractivity contribution >= 4 is 23.3 Å². The predicted octanol–water partition coefficient (Wildman–Crippen LogP) is 1.74. The first kappa shape index (κ1) is 19.9. The van der Waals surface area contributed by atoms with Crippen LogP contribution in [-0.4, -0.2) is 33.2 Å². The van der Waals surface area contributed by atoms with E-state index in [0.29, 0.717) is 17.5 Å². The summed E-state index contributed by atoms with van der Waals surface area (Å²) in [6.07, 6.45) is -4.39. The molecule has 0 radical (unpaired) electrons. The fourth-order valence-corrected chi connectivity index (χ4v) is 3.16. The summed E-state index contributed by atoms with van der Waals surface area (Å²) >= 11 is 5.63. The van der Waals surface area contributed by atoms with Gasteiger partial charge in [0.05, 0.1) is 0 Å². The fourth-order valence-electron chi connectivity index (χ4n) is 2.84. The molecular formula is C16H14ClF3N4O4. The lowest BCUT2D eigenvalue weighted by atomic mass is 10.3. The summed E-state index contributed by atoms with van der Waals surface area (Å²) in [7, 11) is 0.849. The first-order valence-corrected chi connectivity index (χ1v) is 8.49. The number of fused-ring (bicyclic) bond motifs is 1. The average molecular weight is 419 g/mol. The lowest BCUT2D eigenvalue weighted by Crippen LogP contribution is -2.43. The SMILES string of the molecule is CCCN1C(=O)COc2ccc(-n3c(=O)c(Cl)c(C(F)(F)F)n(C)c3=O)nc21. The lowest BCUT2D eigenvalue weighted by molar-refractivity contribution is -0.143. The van der Waals surface area contributed by atoms with Crippen molar-refractivity contribution in [1.29, 1.82) is 0 Å². The Labute approximate surface area is 160 Å². The highest BCUT2D eigenvalue weighted by Crippen LogP contribution is 2.33. The number of nitrogens with zero attached hydrogens (tertiary/aromatic N) is 4. The highest BCUT2D eigenvalue weighted by molar-refractivity contribution is 6.31. The van der Waals surface area contributed by atoms with Gasteiger partial charge < -0.3 is 4.74 Å². The summed E-state index contributed by atoms with van der Waals surface area (Å²) in [5.74, 6) is -0.329. The molecule has 0 saturated heterocycles. The normalized spacial score (nSPS) is 14.1. The van der Waals surface area contributed by atoms with Crippen LogP contribution in [0.15, 0.2) is 21.7 Å². The van der Waals surface area contributed by atoms with Crippen LogP contribution in [-0.2, 0) is 18.0 Å². The van der Waals surface area contributed by atoms with Gasteiger partial charge in [-0.05, 0) is 18.6 Å². The third-order valence-electron chi connectivity index (χ3n) is 4.09. The van der Waals surface area contributed by atoms with Crippen molar-refractivity contribution in [3.05, 3.63) is 43.7 Å². The molecule has 28 heavy (non-hydrogen) atoms.